The van der Waals surface area contributed by atoms with E-state index in [1.165, 1.54) is 0 Å². The van der Waals surface area contributed by atoms with Crippen LogP contribution in [0.4, 0.5) is 0 Å². The lowest BCUT2D eigenvalue weighted by Crippen LogP contribution is -2.39. The molecule has 17 heavy (non-hydrogen) atoms. The van der Waals surface area contributed by atoms with Gasteiger partial charge in [0.2, 0.25) is 0 Å². The molecule has 1 fully saturated rings. The molecule has 0 bridgehead atoms. The molecule has 0 aromatic heterocycles. The van der Waals surface area contributed by atoms with Gasteiger partial charge in [-0.3, -0.25) is 9.13 Å². The Hall–Kier alpha value is 0.260. The third kappa shape index (κ3) is 5.62. The fourth-order valence-corrected chi connectivity index (χ4v) is 3.88. The fraction of sp³-hybridized carbons (Fsp3) is 1.00. The quantitative estimate of drug-likeness (QED) is 0.378. The lowest BCUT2D eigenvalue weighted by Gasteiger charge is -2.26. The smallest absolute Gasteiger partial charge is 0.324 e. The van der Waals surface area contributed by atoms with Crippen molar-refractivity contribution in [3.8, 4) is 0 Å². The zero-order valence-electron chi connectivity index (χ0n) is 9.40. The van der Waals surface area contributed by atoms with Crippen LogP contribution in [0.1, 0.15) is 32.1 Å². The van der Waals surface area contributed by atoms with Crippen molar-refractivity contribution in [3.63, 3.8) is 0 Å². The summed E-state index contributed by atoms with van der Waals surface area (Å²) in [6, 6.07) is -0.522. The number of hydrogen-bond acceptors (Lipinski definition) is 3. The monoisotopic (exact) mass is 287 g/mol. The molecule has 0 aromatic carbocycles. The molecule has 9 heteroatoms. The first-order valence-corrected chi connectivity index (χ1v) is 9.01. The molecule has 0 aromatic rings. The Kier molecular flexibility index (Phi) is 5.35. The van der Waals surface area contributed by atoms with Crippen molar-refractivity contribution in [3.05, 3.63) is 0 Å². The normalized spacial score (nSPS) is 27.8. The van der Waals surface area contributed by atoms with Gasteiger partial charge in [-0.1, -0.05) is 19.3 Å². The van der Waals surface area contributed by atoms with Crippen LogP contribution in [0.5, 0.6) is 0 Å². The average Bonchev–Trinajstić information content (AvgIpc) is 2.37. The van der Waals surface area contributed by atoms with Crippen molar-refractivity contribution in [2.45, 2.75) is 43.8 Å². The van der Waals surface area contributed by atoms with Crippen LogP contribution in [-0.2, 0) is 9.13 Å². The number of rotatable bonds is 4. The predicted octanol–water partition coefficient (Wildman–Crippen LogP) is 0.590. The van der Waals surface area contributed by atoms with E-state index in [0.29, 0.717) is 12.8 Å². The average molecular weight is 287 g/mol. The third-order valence-corrected chi connectivity index (χ3v) is 5.05. The van der Waals surface area contributed by atoms with E-state index in [9.17, 15) is 18.9 Å². The summed E-state index contributed by atoms with van der Waals surface area (Å²) in [5.41, 5.74) is -0.837. The molecule has 0 radical (unpaired) electrons. The third-order valence-electron chi connectivity index (χ3n) is 2.97. The summed E-state index contributed by atoms with van der Waals surface area (Å²) in [4.78, 5) is 36.0. The molecule has 2 atom stereocenters. The van der Waals surface area contributed by atoms with Gasteiger partial charge in [0, 0.05) is 6.04 Å². The van der Waals surface area contributed by atoms with E-state index in [4.69, 9.17) is 9.79 Å². The van der Waals surface area contributed by atoms with E-state index in [1.807, 2.05) is 0 Å². The second-order valence-electron chi connectivity index (χ2n) is 4.43. The van der Waals surface area contributed by atoms with Gasteiger partial charge in [-0.2, -0.15) is 0 Å². The van der Waals surface area contributed by atoms with Crippen molar-refractivity contribution in [1.29, 1.82) is 0 Å². The van der Waals surface area contributed by atoms with Gasteiger partial charge in [-0.15, -0.1) is 0 Å². The van der Waals surface area contributed by atoms with Crippen LogP contribution in [0, 0.1) is 0 Å². The molecule has 102 valence electrons. The van der Waals surface area contributed by atoms with Gasteiger partial charge in [0.15, 0.2) is 0 Å². The second-order valence-corrected chi connectivity index (χ2v) is 7.91. The first kappa shape index (κ1) is 15.3. The highest BCUT2D eigenvalue weighted by atomic mass is 31.2. The van der Waals surface area contributed by atoms with Gasteiger partial charge in [0.05, 0.1) is 11.9 Å². The van der Waals surface area contributed by atoms with Crippen LogP contribution < -0.4 is 5.32 Å². The Morgan fingerprint density at radius 2 is 1.59 bits per heavy atom. The van der Waals surface area contributed by atoms with E-state index in [2.05, 4.69) is 5.32 Å². The molecule has 1 saturated carbocycles. The number of nitrogens with one attached hydrogen (secondary N) is 1. The Labute approximate surface area is 99.9 Å². The zero-order valence-corrected chi connectivity index (χ0v) is 11.2. The lowest BCUT2D eigenvalue weighted by atomic mass is 10.1. The molecule has 0 heterocycles. The molecule has 2 unspecified atom stereocenters. The van der Waals surface area contributed by atoms with Gasteiger partial charge in [-0.05, 0) is 12.8 Å². The summed E-state index contributed by atoms with van der Waals surface area (Å²) in [6.07, 6.45) is 2.84. The van der Waals surface area contributed by atoms with E-state index in [0.717, 1.165) is 19.3 Å². The summed E-state index contributed by atoms with van der Waals surface area (Å²) < 4.78 is 22.1. The molecule has 0 amide bonds. The minimum atomic E-state index is -4.22. The largest absolute Gasteiger partial charge is 0.339 e. The molecular formula is C8H19NO6P2. The molecule has 0 spiro atoms. The summed E-state index contributed by atoms with van der Waals surface area (Å²) in [5.74, 6) is 0. The van der Waals surface area contributed by atoms with Crippen molar-refractivity contribution in [2.24, 2.45) is 0 Å². The van der Waals surface area contributed by atoms with E-state index >= 15 is 0 Å². The molecule has 1 rings (SSSR count). The maximum Gasteiger partial charge on any atom is 0.339 e. The van der Waals surface area contributed by atoms with Crippen molar-refractivity contribution < 1.29 is 28.7 Å². The van der Waals surface area contributed by atoms with Gasteiger partial charge in [0.25, 0.3) is 0 Å². The minimum Gasteiger partial charge on any atom is -0.324 e. The Balaban J connectivity index is 2.69. The first-order valence-electron chi connectivity index (χ1n) is 5.53. The van der Waals surface area contributed by atoms with Crippen LogP contribution in [0.15, 0.2) is 0 Å². The lowest BCUT2D eigenvalue weighted by molar-refractivity contribution is 0.326. The van der Waals surface area contributed by atoms with Crippen LogP contribution in [0.2, 0.25) is 0 Å². The molecule has 1 aliphatic carbocycles. The highest BCUT2D eigenvalue weighted by Gasteiger charge is 2.37. The van der Waals surface area contributed by atoms with Crippen LogP contribution in [0.25, 0.3) is 0 Å². The summed E-state index contributed by atoms with van der Waals surface area (Å²) in [6.45, 7) is 0. The molecule has 0 saturated heterocycles. The SMILES string of the molecule is O=P(O)(O)CNC1CCCCCC1P(=O)(O)O. The first-order chi connectivity index (χ1) is 7.70. The van der Waals surface area contributed by atoms with Gasteiger partial charge in [0.1, 0.15) is 0 Å². The van der Waals surface area contributed by atoms with Crippen LogP contribution >= 0.6 is 15.2 Å². The van der Waals surface area contributed by atoms with Crippen molar-refractivity contribution >= 4 is 15.2 Å². The molecular weight excluding hydrogens is 268 g/mol. The minimum absolute atomic E-state index is 0.392. The zero-order chi connectivity index (χ0) is 13.1. The molecule has 0 aliphatic heterocycles. The molecule has 5 N–H and O–H groups in total. The fourth-order valence-electron chi connectivity index (χ4n) is 2.16. The van der Waals surface area contributed by atoms with Crippen molar-refractivity contribution in [1.82, 2.24) is 5.32 Å². The van der Waals surface area contributed by atoms with Crippen LogP contribution in [-0.4, -0.2) is 37.6 Å². The Morgan fingerprint density at radius 1 is 1.00 bits per heavy atom. The number of hydrogen-bond donors (Lipinski definition) is 5. The summed E-state index contributed by atoms with van der Waals surface area (Å²) in [7, 11) is -8.41. The highest BCUT2D eigenvalue weighted by Crippen LogP contribution is 2.47. The van der Waals surface area contributed by atoms with E-state index < -0.39 is 33.2 Å². The van der Waals surface area contributed by atoms with E-state index in [1.54, 1.807) is 0 Å². The second kappa shape index (κ2) is 5.93. The standard InChI is InChI=1S/C8H19NO6P2/c10-16(11,12)6-9-7-4-2-1-3-5-8(7)17(13,14)15/h7-9H,1-6H2,(H2,10,11,12)(H2,13,14,15). The van der Waals surface area contributed by atoms with Gasteiger partial charge >= 0.3 is 15.2 Å². The Morgan fingerprint density at radius 3 is 2.12 bits per heavy atom. The predicted molar refractivity (Wildman–Crippen MR) is 62.8 cm³/mol. The molecule has 1 aliphatic rings. The highest BCUT2D eigenvalue weighted by molar-refractivity contribution is 7.52. The van der Waals surface area contributed by atoms with Crippen LogP contribution in [0.3, 0.4) is 0 Å². The maximum absolute atomic E-state index is 11.3. The summed E-state index contributed by atoms with van der Waals surface area (Å²) in [5, 5.41) is 2.60. The van der Waals surface area contributed by atoms with E-state index in [-0.39, 0.29) is 0 Å². The topological polar surface area (TPSA) is 127 Å². The molecule has 7 nitrogen and oxygen atoms in total. The maximum atomic E-state index is 11.3. The van der Waals surface area contributed by atoms with Gasteiger partial charge in [-0.25, -0.2) is 0 Å². The summed E-state index contributed by atoms with van der Waals surface area (Å²) >= 11 is 0. The Bertz CT molecular complexity index is 337. The van der Waals surface area contributed by atoms with Crippen molar-refractivity contribution in [2.75, 3.05) is 6.29 Å². The van der Waals surface area contributed by atoms with Gasteiger partial charge < -0.3 is 24.9 Å².